The van der Waals surface area contributed by atoms with Gasteiger partial charge in [0, 0.05) is 77.0 Å². The fraction of sp³-hybridized carbons (Fsp3) is 0.246. The molecule has 18 nitrogen and oxygen atoms in total. The Hall–Kier alpha value is -8.31. The zero-order valence-electron chi connectivity index (χ0n) is 47.2. The molecule has 0 saturated heterocycles. The minimum Gasteiger partial charge on any atom is -0.472 e. The van der Waals surface area contributed by atoms with Crippen LogP contribution >= 0.6 is 45.9 Å². The summed E-state index contributed by atoms with van der Waals surface area (Å²) >= 11 is 6.31. The lowest BCUT2D eigenvalue weighted by molar-refractivity contribution is 0.397. The van der Waals surface area contributed by atoms with Gasteiger partial charge < -0.3 is 40.2 Å². The Balaban J connectivity index is 0.000000428. The molecular weight excluding hydrogens is 1080 g/mol. The standard InChI is InChI=1S/C6H8S.C5H7N.2C5H6O.6C4H5NO.3C4H5NS/c1-5-3-6(2)7-4-5;1-6-4-2-3-5-6;1-5-2-3-6-4-5;1-5-3-2-4-6-5;1-4-2-6-3-5-4;1-4-2-5-3-6-4;1-4-2-5-6-3-4;1-4-5-2-3-6-4;1-4-2-3-6-5-4;1-4-2-3-5-6-4;1-4-2-5-6-3-4;1-4-2-3-6-5-4;1-4-2-3-5-6-4/h3-4H,1-2H3;2-5H,1H3;2*2-4H,1H3;9*2-3H,1H3. The van der Waals surface area contributed by atoms with Gasteiger partial charge in [0.1, 0.15) is 42.3 Å². The molecule has 0 radical (unpaired) electrons. The molecule has 0 bridgehead atoms. The minimum atomic E-state index is 0.718. The van der Waals surface area contributed by atoms with Crippen molar-refractivity contribution in [3.8, 4) is 0 Å². The topological polar surface area (TPSA) is 226 Å². The fourth-order valence-electron chi connectivity index (χ4n) is 4.15. The van der Waals surface area contributed by atoms with Gasteiger partial charge in [0.25, 0.3) is 0 Å². The molecule has 13 aromatic rings. The van der Waals surface area contributed by atoms with Crippen molar-refractivity contribution in [2.24, 2.45) is 7.05 Å². The van der Waals surface area contributed by atoms with Crippen LogP contribution in [0.5, 0.6) is 0 Å². The molecule has 0 amide bonds. The maximum Gasteiger partial charge on any atom is 0.190 e. The normalized spacial score (nSPS) is 8.89. The maximum absolute atomic E-state index is 4.83. The van der Waals surface area contributed by atoms with Crippen LogP contribution in [0, 0.1) is 90.0 Å². The Kier molecular flexibility index (Phi) is 39.9. The Morgan fingerprint density at radius 1 is 0.494 bits per heavy atom. The van der Waals surface area contributed by atoms with Crippen LogP contribution in [0.15, 0.2) is 219 Å². The molecule has 13 heterocycles. The number of nitrogens with zero attached hydrogens (tertiary/aromatic N) is 10. The van der Waals surface area contributed by atoms with E-state index in [-0.39, 0.29) is 0 Å². The van der Waals surface area contributed by atoms with Crippen LogP contribution in [0.1, 0.15) is 72.3 Å². The molecule has 79 heavy (non-hydrogen) atoms. The third-order valence-corrected chi connectivity index (χ3v) is 11.0. The highest BCUT2D eigenvalue weighted by molar-refractivity contribution is 7.10. The number of furan rings is 2. The van der Waals surface area contributed by atoms with E-state index >= 15 is 0 Å². The summed E-state index contributed by atoms with van der Waals surface area (Å²) in [5, 5.41) is 16.6. The molecule has 0 spiro atoms. The Morgan fingerprint density at radius 2 is 1.29 bits per heavy atom. The third-order valence-electron chi connectivity index (χ3n) is 7.99. The van der Waals surface area contributed by atoms with Gasteiger partial charge in [-0.15, -0.1) is 11.3 Å². The van der Waals surface area contributed by atoms with Gasteiger partial charge in [-0.1, -0.05) is 15.5 Å². The summed E-state index contributed by atoms with van der Waals surface area (Å²) in [6.07, 6.45) is 28.4. The smallest absolute Gasteiger partial charge is 0.190 e. The molecule has 0 fully saturated rings. The summed E-state index contributed by atoms with van der Waals surface area (Å²) in [6.45, 7) is 25.4. The lowest BCUT2D eigenvalue weighted by Gasteiger charge is -1.79. The van der Waals surface area contributed by atoms with Crippen LogP contribution in [0.25, 0.3) is 0 Å². The molecule has 13 aromatic heterocycles. The predicted octanol–water partition coefficient (Wildman–Crippen LogP) is 16.8. The second-order valence-corrected chi connectivity index (χ2v) is 19.3. The molecule has 13 rings (SSSR count). The van der Waals surface area contributed by atoms with Gasteiger partial charge in [-0.25, -0.2) is 23.7 Å². The van der Waals surface area contributed by atoms with Gasteiger partial charge in [-0.2, -0.15) is 4.37 Å². The van der Waals surface area contributed by atoms with Crippen molar-refractivity contribution in [2.75, 3.05) is 0 Å². The Bertz CT molecular complexity index is 2360. The first-order chi connectivity index (χ1) is 38.0. The monoisotopic (exact) mass is 1150 g/mol. The number of aryl methyl sites for hydroxylation is 14. The summed E-state index contributed by atoms with van der Waals surface area (Å²) in [4.78, 5) is 13.8. The molecule has 0 atom stereocenters. The van der Waals surface area contributed by atoms with Crippen molar-refractivity contribution in [3.63, 3.8) is 0 Å². The van der Waals surface area contributed by atoms with E-state index in [2.05, 4.69) is 86.8 Å². The van der Waals surface area contributed by atoms with E-state index in [4.69, 9.17) is 17.7 Å². The van der Waals surface area contributed by atoms with E-state index in [0.29, 0.717) is 0 Å². The average molecular weight is 1150 g/mol. The first-order valence-corrected chi connectivity index (χ1v) is 27.2. The number of hydrogen-bond acceptors (Lipinski definition) is 21. The Morgan fingerprint density at radius 3 is 1.46 bits per heavy atom. The fourth-order valence-corrected chi connectivity index (χ4v) is 6.32. The van der Waals surface area contributed by atoms with E-state index < -0.39 is 0 Å². The van der Waals surface area contributed by atoms with E-state index in [1.54, 1.807) is 105 Å². The van der Waals surface area contributed by atoms with Gasteiger partial charge in [0.15, 0.2) is 18.7 Å². The highest BCUT2D eigenvalue weighted by Gasteiger charge is 1.85. The summed E-state index contributed by atoms with van der Waals surface area (Å²) < 4.78 is 50.8. The molecular formula is C57H72N10O8S4. The van der Waals surface area contributed by atoms with Crippen molar-refractivity contribution in [1.82, 2.24) is 48.1 Å². The van der Waals surface area contributed by atoms with E-state index in [1.807, 2.05) is 153 Å². The quantitative estimate of drug-likeness (QED) is 0.137. The van der Waals surface area contributed by atoms with Crippen LogP contribution in [0.2, 0.25) is 0 Å². The van der Waals surface area contributed by atoms with Crippen molar-refractivity contribution < 1.29 is 35.7 Å². The average Bonchev–Trinajstić information content (AvgIpc) is 4.21. The Labute approximate surface area is 479 Å². The number of rotatable bonds is 0. The van der Waals surface area contributed by atoms with Crippen molar-refractivity contribution in [1.29, 1.82) is 0 Å². The summed E-state index contributed by atoms with van der Waals surface area (Å²) in [7, 11) is 2.00. The van der Waals surface area contributed by atoms with E-state index in [0.717, 1.165) is 45.8 Å². The number of oxazole rings is 3. The molecule has 0 aliphatic heterocycles. The predicted molar refractivity (Wildman–Crippen MR) is 314 cm³/mol. The molecule has 0 aliphatic carbocycles. The van der Waals surface area contributed by atoms with Crippen LogP contribution in [-0.2, 0) is 7.05 Å². The minimum absolute atomic E-state index is 0.718. The molecule has 0 saturated carbocycles. The molecule has 22 heteroatoms. The van der Waals surface area contributed by atoms with Crippen LogP contribution in [-0.4, -0.2) is 48.1 Å². The second-order valence-electron chi connectivity index (χ2n) is 15.8. The van der Waals surface area contributed by atoms with Crippen molar-refractivity contribution in [2.45, 2.75) is 90.0 Å². The third kappa shape index (κ3) is 44.5. The molecule has 0 N–H and O–H groups in total. The second kappa shape index (κ2) is 45.8. The first kappa shape index (κ1) is 68.7. The zero-order chi connectivity index (χ0) is 58.1. The van der Waals surface area contributed by atoms with Crippen molar-refractivity contribution >= 4 is 45.9 Å². The maximum atomic E-state index is 4.83. The van der Waals surface area contributed by atoms with E-state index in [1.165, 1.54) is 73.8 Å². The number of aromatic nitrogens is 10. The SMILES string of the molecule is Cc1ccco1.Cc1ccno1.Cc1ccns1.Cc1ccoc1.Cc1ccon1.Cc1ccsn1.Cc1cnco1.Cc1cnoc1.Cc1cnsc1.Cc1cocn1.Cc1csc(C)c1.Cc1ncco1.Cn1cccc1. The summed E-state index contributed by atoms with van der Waals surface area (Å²) in [5.41, 5.74) is 7.83. The largest absolute Gasteiger partial charge is 0.472 e. The molecule has 0 aliphatic rings. The summed E-state index contributed by atoms with van der Waals surface area (Å²) in [5.74, 6) is 3.40. The first-order valence-electron chi connectivity index (χ1n) is 23.9. The van der Waals surface area contributed by atoms with Crippen LogP contribution < -0.4 is 0 Å². The highest BCUT2D eigenvalue weighted by Crippen LogP contribution is 2.10. The van der Waals surface area contributed by atoms with Gasteiger partial charge in [-0.05, 0) is 188 Å². The number of hydrogen-bond donors (Lipinski definition) is 0. The zero-order valence-corrected chi connectivity index (χ0v) is 50.5. The highest BCUT2D eigenvalue weighted by atomic mass is 32.1. The molecule has 0 unspecified atom stereocenters. The molecule has 0 aromatic carbocycles. The van der Waals surface area contributed by atoms with Crippen molar-refractivity contribution in [3.05, 3.63) is 255 Å². The summed E-state index contributed by atoms with van der Waals surface area (Å²) in [6, 6.07) is 19.5. The number of thiophene rings is 1. The lowest BCUT2D eigenvalue weighted by Crippen LogP contribution is -1.75. The van der Waals surface area contributed by atoms with Gasteiger partial charge >= 0.3 is 0 Å². The van der Waals surface area contributed by atoms with Crippen LogP contribution in [0.4, 0.5) is 0 Å². The van der Waals surface area contributed by atoms with Gasteiger partial charge in [0.2, 0.25) is 0 Å². The van der Waals surface area contributed by atoms with Gasteiger partial charge in [-0.3, -0.25) is 0 Å². The molecule has 422 valence electrons. The van der Waals surface area contributed by atoms with Crippen LogP contribution in [0.3, 0.4) is 0 Å². The lowest BCUT2D eigenvalue weighted by atomic mass is 10.4. The van der Waals surface area contributed by atoms with E-state index in [9.17, 15) is 0 Å². The van der Waals surface area contributed by atoms with Gasteiger partial charge in [0.05, 0.1) is 60.7 Å².